The molecule has 4 heteroatoms. The monoisotopic (exact) mass is 337 g/mol. The number of nitrogens with one attached hydrogen (secondary N) is 1. The molecule has 0 radical (unpaired) electrons. The van der Waals surface area contributed by atoms with Gasteiger partial charge in [0.25, 0.3) is 0 Å². The molecular weight excluding hydrogens is 317 g/mol. The summed E-state index contributed by atoms with van der Waals surface area (Å²) in [6.45, 7) is 2.86. The second-order valence-corrected chi connectivity index (χ2v) is 6.23. The molecule has 0 aliphatic rings. The molecular formula is C18H21Cl2NO. The molecule has 1 N–H and O–H groups in total. The quantitative estimate of drug-likeness (QED) is 0.757. The molecule has 0 spiro atoms. The summed E-state index contributed by atoms with van der Waals surface area (Å²) in [6, 6.07) is 14.5. The molecule has 0 heterocycles. The van der Waals surface area contributed by atoms with Gasteiger partial charge in [-0.3, -0.25) is 0 Å². The first-order valence-electron chi connectivity index (χ1n) is 7.39. The topological polar surface area (TPSA) is 21.3 Å². The Hall–Kier alpha value is -1.22. The van der Waals surface area contributed by atoms with Crippen molar-refractivity contribution in [3.63, 3.8) is 0 Å². The van der Waals surface area contributed by atoms with E-state index in [0.717, 1.165) is 18.4 Å². The molecule has 118 valence electrons. The molecule has 0 amide bonds. The van der Waals surface area contributed by atoms with E-state index in [1.807, 2.05) is 12.1 Å². The third-order valence-corrected chi connectivity index (χ3v) is 4.14. The summed E-state index contributed by atoms with van der Waals surface area (Å²) in [4.78, 5) is 0. The van der Waals surface area contributed by atoms with E-state index in [1.54, 1.807) is 13.2 Å². The predicted octanol–water partition coefficient (Wildman–Crippen LogP) is 5.11. The summed E-state index contributed by atoms with van der Waals surface area (Å²) in [6.07, 6.45) is 2.13. The summed E-state index contributed by atoms with van der Waals surface area (Å²) < 4.78 is 5.36. The van der Waals surface area contributed by atoms with Crippen molar-refractivity contribution < 1.29 is 4.74 Å². The van der Waals surface area contributed by atoms with E-state index in [2.05, 4.69) is 36.5 Å². The average Bonchev–Trinajstić information content (AvgIpc) is 2.51. The van der Waals surface area contributed by atoms with E-state index in [4.69, 9.17) is 27.9 Å². The van der Waals surface area contributed by atoms with Crippen LogP contribution in [0.15, 0.2) is 42.5 Å². The molecule has 0 bridgehead atoms. The SMILES string of the molecule is COc1c(Cl)cc(Cl)cc1CN[C@H](C)CCc1ccccc1. The number of ether oxygens (including phenoxy) is 1. The maximum Gasteiger partial charge on any atom is 0.142 e. The Kier molecular flexibility index (Phi) is 6.56. The van der Waals surface area contributed by atoms with E-state index in [9.17, 15) is 0 Å². The second kappa shape index (κ2) is 8.42. The van der Waals surface area contributed by atoms with Crippen molar-refractivity contribution >= 4 is 23.2 Å². The van der Waals surface area contributed by atoms with Gasteiger partial charge in [-0.05, 0) is 37.5 Å². The molecule has 0 saturated heterocycles. The Balaban J connectivity index is 1.90. The Morgan fingerprint density at radius 3 is 2.55 bits per heavy atom. The van der Waals surface area contributed by atoms with Gasteiger partial charge in [-0.15, -0.1) is 0 Å². The van der Waals surface area contributed by atoms with E-state index in [1.165, 1.54) is 5.56 Å². The van der Waals surface area contributed by atoms with Crippen molar-refractivity contribution in [1.29, 1.82) is 0 Å². The highest BCUT2D eigenvalue weighted by molar-refractivity contribution is 6.35. The highest BCUT2D eigenvalue weighted by Gasteiger charge is 2.11. The van der Waals surface area contributed by atoms with Gasteiger partial charge in [0.2, 0.25) is 0 Å². The molecule has 0 fully saturated rings. The average molecular weight is 338 g/mol. The van der Waals surface area contributed by atoms with Gasteiger partial charge in [0.05, 0.1) is 12.1 Å². The van der Waals surface area contributed by atoms with Crippen molar-refractivity contribution in [3.05, 3.63) is 63.6 Å². The number of rotatable bonds is 7. The summed E-state index contributed by atoms with van der Waals surface area (Å²) >= 11 is 12.2. The van der Waals surface area contributed by atoms with Crippen LogP contribution in [0.4, 0.5) is 0 Å². The Bertz CT molecular complexity index is 602. The third-order valence-electron chi connectivity index (χ3n) is 3.64. The number of hydrogen-bond donors (Lipinski definition) is 1. The number of hydrogen-bond acceptors (Lipinski definition) is 2. The molecule has 2 aromatic rings. The molecule has 2 nitrogen and oxygen atoms in total. The van der Waals surface area contributed by atoms with Gasteiger partial charge < -0.3 is 10.1 Å². The minimum atomic E-state index is 0.391. The zero-order valence-electron chi connectivity index (χ0n) is 12.9. The molecule has 0 aliphatic heterocycles. The number of methoxy groups -OCH3 is 1. The van der Waals surface area contributed by atoms with Crippen LogP contribution in [-0.4, -0.2) is 13.2 Å². The lowest BCUT2D eigenvalue weighted by Gasteiger charge is -2.16. The second-order valence-electron chi connectivity index (χ2n) is 5.39. The molecule has 1 atom stereocenters. The summed E-state index contributed by atoms with van der Waals surface area (Å²) in [7, 11) is 1.62. The van der Waals surface area contributed by atoms with Crippen LogP contribution < -0.4 is 10.1 Å². The number of halogens is 2. The highest BCUT2D eigenvalue weighted by atomic mass is 35.5. The van der Waals surface area contributed by atoms with Crippen molar-refractivity contribution in [2.45, 2.75) is 32.4 Å². The third kappa shape index (κ3) is 4.91. The van der Waals surface area contributed by atoms with Crippen LogP contribution in [-0.2, 0) is 13.0 Å². The van der Waals surface area contributed by atoms with Crippen molar-refractivity contribution in [3.8, 4) is 5.75 Å². The van der Waals surface area contributed by atoms with E-state index >= 15 is 0 Å². The van der Waals surface area contributed by atoms with Gasteiger partial charge >= 0.3 is 0 Å². The van der Waals surface area contributed by atoms with Crippen molar-refractivity contribution in [2.75, 3.05) is 7.11 Å². The zero-order chi connectivity index (χ0) is 15.9. The lowest BCUT2D eigenvalue weighted by molar-refractivity contribution is 0.405. The van der Waals surface area contributed by atoms with Crippen LogP contribution in [0.5, 0.6) is 5.75 Å². The Labute approximate surface area is 142 Å². The minimum Gasteiger partial charge on any atom is -0.495 e. The van der Waals surface area contributed by atoms with Gasteiger partial charge in [0.1, 0.15) is 5.75 Å². The van der Waals surface area contributed by atoms with E-state index < -0.39 is 0 Å². The van der Waals surface area contributed by atoms with Gasteiger partial charge in [-0.1, -0.05) is 53.5 Å². The minimum absolute atomic E-state index is 0.391. The molecule has 2 rings (SSSR count). The van der Waals surface area contributed by atoms with E-state index in [-0.39, 0.29) is 0 Å². The summed E-state index contributed by atoms with van der Waals surface area (Å²) in [5.41, 5.74) is 2.34. The molecule has 0 saturated carbocycles. The first-order chi connectivity index (χ1) is 10.6. The molecule has 0 aliphatic carbocycles. The van der Waals surface area contributed by atoms with E-state index in [0.29, 0.717) is 28.4 Å². The maximum absolute atomic E-state index is 6.15. The fraction of sp³-hybridized carbons (Fsp3) is 0.333. The maximum atomic E-state index is 6.15. The summed E-state index contributed by atoms with van der Waals surface area (Å²) in [5, 5.41) is 4.67. The van der Waals surface area contributed by atoms with Gasteiger partial charge in [0.15, 0.2) is 0 Å². The fourth-order valence-corrected chi connectivity index (χ4v) is 3.00. The van der Waals surface area contributed by atoms with Crippen LogP contribution in [0.25, 0.3) is 0 Å². The van der Waals surface area contributed by atoms with Gasteiger partial charge in [-0.25, -0.2) is 0 Å². The van der Waals surface area contributed by atoms with Crippen LogP contribution in [0.1, 0.15) is 24.5 Å². The standard InChI is InChI=1S/C18H21Cl2NO/c1-13(8-9-14-6-4-3-5-7-14)21-12-15-10-16(19)11-17(20)18(15)22-2/h3-7,10-11,13,21H,8-9,12H2,1-2H3/t13-/m1/s1. The smallest absolute Gasteiger partial charge is 0.142 e. The van der Waals surface area contributed by atoms with Gasteiger partial charge in [0, 0.05) is 23.2 Å². The fourth-order valence-electron chi connectivity index (χ4n) is 2.39. The molecule has 0 aromatic heterocycles. The van der Waals surface area contributed by atoms with Crippen LogP contribution in [0.2, 0.25) is 10.0 Å². The normalized spacial score (nSPS) is 12.2. The number of benzene rings is 2. The Morgan fingerprint density at radius 2 is 1.86 bits per heavy atom. The van der Waals surface area contributed by atoms with Crippen LogP contribution in [0.3, 0.4) is 0 Å². The van der Waals surface area contributed by atoms with Crippen molar-refractivity contribution in [1.82, 2.24) is 5.32 Å². The lowest BCUT2D eigenvalue weighted by Crippen LogP contribution is -2.26. The number of aryl methyl sites for hydroxylation is 1. The molecule has 2 aromatic carbocycles. The predicted molar refractivity (Wildman–Crippen MR) is 94.1 cm³/mol. The van der Waals surface area contributed by atoms with Crippen LogP contribution in [0, 0.1) is 0 Å². The zero-order valence-corrected chi connectivity index (χ0v) is 14.4. The first kappa shape index (κ1) is 17.1. The van der Waals surface area contributed by atoms with Gasteiger partial charge in [-0.2, -0.15) is 0 Å². The first-order valence-corrected chi connectivity index (χ1v) is 8.15. The van der Waals surface area contributed by atoms with Crippen LogP contribution >= 0.6 is 23.2 Å². The van der Waals surface area contributed by atoms with Crippen molar-refractivity contribution in [2.24, 2.45) is 0 Å². The highest BCUT2D eigenvalue weighted by Crippen LogP contribution is 2.32. The lowest BCUT2D eigenvalue weighted by atomic mass is 10.1. The molecule has 22 heavy (non-hydrogen) atoms. The Morgan fingerprint density at radius 1 is 1.14 bits per heavy atom. The summed E-state index contributed by atoms with van der Waals surface area (Å²) in [5.74, 6) is 0.689. The molecule has 0 unspecified atom stereocenters. The largest absolute Gasteiger partial charge is 0.495 e.